The van der Waals surface area contributed by atoms with Crippen molar-refractivity contribution in [2.45, 2.75) is 6.92 Å². The van der Waals surface area contributed by atoms with E-state index in [-0.39, 0.29) is 12.4 Å². The zero-order valence-corrected chi connectivity index (χ0v) is 16.5. The van der Waals surface area contributed by atoms with Crippen LogP contribution in [0.15, 0.2) is 41.5 Å². The summed E-state index contributed by atoms with van der Waals surface area (Å²) in [5, 5.41) is 13.7. The van der Waals surface area contributed by atoms with Gasteiger partial charge in [-0.1, -0.05) is 12.1 Å². The Morgan fingerprint density at radius 1 is 1.23 bits per heavy atom. The standard InChI is InChI=1S/C18H19IN2O5/c1-3-25-14-6-4-5-7-15(14)26-11-17(22)21-20-10-12-8-13(19)18(23)16(9-12)24-2/h4-10,23H,3,11H2,1-2H3,(H,21,22). The second-order valence-electron chi connectivity index (χ2n) is 5.02. The van der Waals surface area contributed by atoms with Crippen LogP contribution in [0.1, 0.15) is 12.5 Å². The SMILES string of the molecule is CCOc1ccccc1OCC(=O)NN=Cc1cc(I)c(O)c(OC)c1. The van der Waals surface area contributed by atoms with Crippen molar-refractivity contribution in [1.82, 2.24) is 5.43 Å². The number of nitrogens with one attached hydrogen (secondary N) is 1. The van der Waals surface area contributed by atoms with Gasteiger partial charge >= 0.3 is 0 Å². The molecule has 0 unspecified atom stereocenters. The number of hydrogen-bond donors (Lipinski definition) is 2. The molecular weight excluding hydrogens is 451 g/mol. The van der Waals surface area contributed by atoms with E-state index in [1.807, 2.05) is 35.6 Å². The molecule has 0 saturated carbocycles. The molecule has 0 spiro atoms. The number of benzene rings is 2. The van der Waals surface area contributed by atoms with Crippen LogP contribution in [0.5, 0.6) is 23.0 Å². The quantitative estimate of drug-likeness (QED) is 0.352. The number of halogens is 1. The molecule has 8 heteroatoms. The van der Waals surface area contributed by atoms with Crippen molar-refractivity contribution >= 4 is 34.7 Å². The van der Waals surface area contributed by atoms with Gasteiger partial charge in [-0.25, -0.2) is 5.43 Å². The van der Waals surface area contributed by atoms with Gasteiger partial charge in [-0.15, -0.1) is 0 Å². The molecule has 2 rings (SSSR count). The number of phenols is 1. The van der Waals surface area contributed by atoms with Gasteiger partial charge in [0, 0.05) is 0 Å². The number of hydrogen-bond acceptors (Lipinski definition) is 6. The highest BCUT2D eigenvalue weighted by molar-refractivity contribution is 14.1. The van der Waals surface area contributed by atoms with Gasteiger partial charge < -0.3 is 19.3 Å². The van der Waals surface area contributed by atoms with Crippen LogP contribution in [-0.2, 0) is 4.79 Å². The number of carbonyl (C=O) groups is 1. The topological polar surface area (TPSA) is 89.4 Å². The van der Waals surface area contributed by atoms with Crippen LogP contribution >= 0.6 is 22.6 Å². The third-order valence-electron chi connectivity index (χ3n) is 3.18. The number of aromatic hydroxyl groups is 1. The van der Waals surface area contributed by atoms with Gasteiger partial charge in [0.15, 0.2) is 29.6 Å². The molecule has 0 radical (unpaired) electrons. The zero-order valence-electron chi connectivity index (χ0n) is 14.4. The number of methoxy groups -OCH3 is 1. The van der Waals surface area contributed by atoms with Crippen LogP contribution in [0.25, 0.3) is 0 Å². The highest BCUT2D eigenvalue weighted by Crippen LogP contribution is 2.31. The van der Waals surface area contributed by atoms with Crippen LogP contribution in [0.3, 0.4) is 0 Å². The first-order valence-electron chi connectivity index (χ1n) is 7.78. The molecule has 2 N–H and O–H groups in total. The van der Waals surface area contributed by atoms with E-state index in [0.717, 1.165) is 0 Å². The van der Waals surface area contributed by atoms with Gasteiger partial charge in [0.05, 0.1) is 23.5 Å². The fourth-order valence-electron chi connectivity index (χ4n) is 2.02. The van der Waals surface area contributed by atoms with E-state index in [0.29, 0.717) is 33.0 Å². The molecule has 0 aliphatic heterocycles. The summed E-state index contributed by atoms with van der Waals surface area (Å²) >= 11 is 1.98. The lowest BCUT2D eigenvalue weighted by Gasteiger charge is -2.10. The molecule has 0 aromatic heterocycles. The maximum Gasteiger partial charge on any atom is 0.277 e. The van der Waals surface area contributed by atoms with Gasteiger partial charge in [0.1, 0.15) is 0 Å². The number of carbonyl (C=O) groups excluding carboxylic acids is 1. The number of ether oxygens (including phenoxy) is 3. The van der Waals surface area contributed by atoms with Crippen LogP contribution < -0.4 is 19.6 Å². The summed E-state index contributed by atoms with van der Waals surface area (Å²) in [5.74, 6) is 1.06. The number of rotatable bonds is 8. The predicted molar refractivity (Wildman–Crippen MR) is 106 cm³/mol. The van der Waals surface area contributed by atoms with E-state index < -0.39 is 5.91 Å². The highest BCUT2D eigenvalue weighted by atomic mass is 127. The fraction of sp³-hybridized carbons (Fsp3) is 0.222. The first-order valence-corrected chi connectivity index (χ1v) is 8.86. The molecule has 138 valence electrons. The van der Waals surface area contributed by atoms with E-state index in [4.69, 9.17) is 14.2 Å². The Hall–Kier alpha value is -2.49. The van der Waals surface area contributed by atoms with Gasteiger partial charge in [-0.2, -0.15) is 5.10 Å². The van der Waals surface area contributed by atoms with E-state index >= 15 is 0 Å². The molecule has 2 aromatic carbocycles. The van der Waals surface area contributed by atoms with Crippen molar-refractivity contribution in [3.8, 4) is 23.0 Å². The second kappa shape index (κ2) is 9.85. The van der Waals surface area contributed by atoms with Crippen molar-refractivity contribution in [3.05, 3.63) is 45.5 Å². The molecule has 0 saturated heterocycles. The Morgan fingerprint density at radius 3 is 2.58 bits per heavy atom. The Balaban J connectivity index is 1.91. The van der Waals surface area contributed by atoms with Crippen molar-refractivity contribution in [2.75, 3.05) is 20.3 Å². The zero-order chi connectivity index (χ0) is 18.9. The lowest BCUT2D eigenvalue weighted by Crippen LogP contribution is -2.24. The minimum atomic E-state index is -0.409. The summed E-state index contributed by atoms with van der Waals surface area (Å²) in [6.07, 6.45) is 1.45. The van der Waals surface area contributed by atoms with E-state index in [9.17, 15) is 9.90 Å². The normalized spacial score (nSPS) is 10.6. The molecule has 26 heavy (non-hydrogen) atoms. The Bertz CT molecular complexity index is 795. The highest BCUT2D eigenvalue weighted by Gasteiger charge is 2.08. The van der Waals surface area contributed by atoms with E-state index in [1.165, 1.54) is 13.3 Å². The number of nitrogens with zero attached hydrogens (tertiary/aromatic N) is 1. The molecule has 7 nitrogen and oxygen atoms in total. The lowest BCUT2D eigenvalue weighted by molar-refractivity contribution is -0.123. The number of para-hydroxylation sites is 2. The number of amides is 1. The summed E-state index contributed by atoms with van der Waals surface area (Å²) in [5.41, 5.74) is 3.06. The van der Waals surface area contributed by atoms with Crippen LogP contribution in [0.2, 0.25) is 0 Å². The Kier molecular flexibility index (Phi) is 7.52. The van der Waals surface area contributed by atoms with Crippen molar-refractivity contribution in [2.24, 2.45) is 5.10 Å². The summed E-state index contributed by atoms with van der Waals surface area (Å²) in [4.78, 5) is 11.9. The molecule has 1 amide bonds. The minimum Gasteiger partial charge on any atom is -0.504 e. The molecule has 2 aromatic rings. The van der Waals surface area contributed by atoms with Gasteiger partial charge in [0.25, 0.3) is 5.91 Å². The monoisotopic (exact) mass is 470 g/mol. The van der Waals surface area contributed by atoms with Crippen LogP contribution in [0.4, 0.5) is 0 Å². The van der Waals surface area contributed by atoms with Crippen molar-refractivity contribution in [3.63, 3.8) is 0 Å². The third kappa shape index (κ3) is 5.51. The molecule has 0 atom stereocenters. The van der Waals surface area contributed by atoms with Gasteiger partial charge in [0.2, 0.25) is 0 Å². The largest absolute Gasteiger partial charge is 0.504 e. The van der Waals surface area contributed by atoms with Crippen LogP contribution in [0, 0.1) is 3.57 Å². The Morgan fingerprint density at radius 2 is 1.92 bits per heavy atom. The van der Waals surface area contributed by atoms with Gasteiger partial charge in [-0.3, -0.25) is 4.79 Å². The maximum absolute atomic E-state index is 11.9. The minimum absolute atomic E-state index is 0.0654. The molecular formula is C18H19IN2O5. The maximum atomic E-state index is 11.9. The average Bonchev–Trinajstić information content (AvgIpc) is 2.64. The predicted octanol–water partition coefficient (Wildman–Crippen LogP) is 2.93. The first-order chi connectivity index (χ1) is 12.5. The van der Waals surface area contributed by atoms with Crippen LogP contribution in [-0.4, -0.2) is 37.6 Å². The molecule has 0 fully saturated rings. The summed E-state index contributed by atoms with van der Waals surface area (Å²) in [6.45, 7) is 2.18. The summed E-state index contributed by atoms with van der Waals surface area (Å²) in [6, 6.07) is 10.5. The Labute approximate surface area is 165 Å². The van der Waals surface area contributed by atoms with Crippen molar-refractivity contribution in [1.29, 1.82) is 0 Å². The van der Waals surface area contributed by atoms with Crippen molar-refractivity contribution < 1.29 is 24.1 Å². The fourth-order valence-corrected chi connectivity index (χ4v) is 2.65. The van der Waals surface area contributed by atoms with E-state index in [2.05, 4.69) is 10.5 Å². The first kappa shape index (κ1) is 19.8. The summed E-state index contributed by atoms with van der Waals surface area (Å²) < 4.78 is 16.6. The summed E-state index contributed by atoms with van der Waals surface area (Å²) in [7, 11) is 1.46. The smallest absolute Gasteiger partial charge is 0.277 e. The number of phenolic OH excluding ortho intramolecular Hbond substituents is 1. The lowest BCUT2D eigenvalue weighted by atomic mass is 10.2. The molecule has 0 aliphatic carbocycles. The molecule has 0 aliphatic rings. The number of hydrazone groups is 1. The third-order valence-corrected chi connectivity index (χ3v) is 4.00. The molecule has 0 bridgehead atoms. The van der Waals surface area contributed by atoms with E-state index in [1.54, 1.807) is 30.3 Å². The average molecular weight is 470 g/mol. The van der Waals surface area contributed by atoms with Gasteiger partial charge in [-0.05, 0) is 59.3 Å². The molecule has 0 heterocycles. The second-order valence-corrected chi connectivity index (χ2v) is 6.18.